The van der Waals surface area contributed by atoms with E-state index in [2.05, 4.69) is 30.9 Å². The fourth-order valence-corrected chi connectivity index (χ4v) is 3.15. The number of nitrogens with zero attached hydrogens (tertiary/aromatic N) is 3. The van der Waals surface area contributed by atoms with Gasteiger partial charge in [0.05, 0.1) is 0 Å². The molecule has 3 nitrogen and oxygen atoms in total. The maximum absolute atomic E-state index is 6.14. The number of hydrogen-bond acceptors (Lipinski definition) is 3. The second-order valence-electron chi connectivity index (χ2n) is 4.75. The van der Waals surface area contributed by atoms with Gasteiger partial charge in [0.15, 0.2) is 5.82 Å². The van der Waals surface area contributed by atoms with E-state index in [1.165, 1.54) is 25.7 Å². The molecule has 0 aliphatic heterocycles. The molecule has 0 atom stereocenters. The van der Waals surface area contributed by atoms with Gasteiger partial charge in [-0.15, -0.1) is 0 Å². The van der Waals surface area contributed by atoms with Crippen LogP contribution in [0, 0.1) is 0 Å². The van der Waals surface area contributed by atoms with Crippen LogP contribution >= 0.6 is 27.5 Å². The Kier molecular flexibility index (Phi) is 3.80. The summed E-state index contributed by atoms with van der Waals surface area (Å²) in [5, 5.41) is 0.490. The smallest absolute Gasteiger partial charge is 0.181 e. The van der Waals surface area contributed by atoms with Crippen molar-refractivity contribution in [1.29, 1.82) is 0 Å². The third-order valence-electron chi connectivity index (χ3n) is 3.46. The van der Waals surface area contributed by atoms with Crippen LogP contribution in [0.15, 0.2) is 28.9 Å². The Morgan fingerprint density at radius 3 is 2.74 bits per heavy atom. The third kappa shape index (κ3) is 2.79. The highest BCUT2D eigenvalue weighted by atomic mass is 79.9. The van der Waals surface area contributed by atoms with E-state index >= 15 is 0 Å². The Balaban J connectivity index is 2.04. The van der Waals surface area contributed by atoms with Gasteiger partial charge in [0.1, 0.15) is 10.8 Å². The van der Waals surface area contributed by atoms with E-state index in [9.17, 15) is 0 Å². The van der Waals surface area contributed by atoms with Crippen LogP contribution < -0.4 is 0 Å². The molecule has 0 aromatic carbocycles. The van der Waals surface area contributed by atoms with Crippen molar-refractivity contribution in [3.63, 3.8) is 0 Å². The van der Waals surface area contributed by atoms with E-state index in [0.29, 0.717) is 16.9 Å². The Morgan fingerprint density at radius 2 is 2.00 bits per heavy atom. The molecule has 0 unspecified atom stereocenters. The lowest BCUT2D eigenvalue weighted by Crippen LogP contribution is -2.01. The molecule has 0 amide bonds. The quantitative estimate of drug-likeness (QED) is 0.750. The summed E-state index contributed by atoms with van der Waals surface area (Å²) in [4.78, 5) is 13.3. The maximum Gasteiger partial charge on any atom is 0.181 e. The lowest BCUT2D eigenvalue weighted by molar-refractivity contribution is 0.695. The summed E-state index contributed by atoms with van der Waals surface area (Å²) in [6, 6.07) is 5.69. The summed E-state index contributed by atoms with van der Waals surface area (Å²) in [7, 11) is 0. The van der Waals surface area contributed by atoms with Gasteiger partial charge in [-0.1, -0.05) is 24.4 Å². The zero-order chi connectivity index (χ0) is 13.2. The van der Waals surface area contributed by atoms with Crippen LogP contribution in [0.25, 0.3) is 11.5 Å². The van der Waals surface area contributed by atoms with Crippen LogP contribution in [0.3, 0.4) is 0 Å². The average molecular weight is 339 g/mol. The zero-order valence-corrected chi connectivity index (χ0v) is 12.7. The fourth-order valence-electron chi connectivity index (χ4n) is 2.52. The first-order chi connectivity index (χ1) is 9.24. The molecule has 0 bridgehead atoms. The molecule has 1 aliphatic carbocycles. The van der Waals surface area contributed by atoms with Crippen molar-refractivity contribution in [2.24, 2.45) is 0 Å². The molecule has 1 fully saturated rings. The molecular weight excluding hydrogens is 326 g/mol. The molecule has 1 aliphatic rings. The number of rotatable bonds is 2. The predicted molar refractivity (Wildman–Crippen MR) is 79.2 cm³/mol. The zero-order valence-electron chi connectivity index (χ0n) is 10.3. The SMILES string of the molecule is Clc1cc(C2CCCC2)nc(-c2ncccc2Br)n1. The van der Waals surface area contributed by atoms with E-state index < -0.39 is 0 Å². The largest absolute Gasteiger partial charge is 0.252 e. The molecule has 2 heterocycles. The normalized spacial score (nSPS) is 15.9. The first kappa shape index (κ1) is 13.0. The van der Waals surface area contributed by atoms with Gasteiger partial charge in [0.25, 0.3) is 0 Å². The van der Waals surface area contributed by atoms with Crippen molar-refractivity contribution in [3.05, 3.63) is 39.7 Å². The molecule has 2 aromatic rings. The predicted octanol–water partition coefficient (Wildman–Crippen LogP) is 4.61. The molecule has 5 heteroatoms. The molecule has 3 rings (SSSR count). The van der Waals surface area contributed by atoms with Gasteiger partial charge in [0, 0.05) is 22.3 Å². The maximum atomic E-state index is 6.14. The average Bonchev–Trinajstić information content (AvgIpc) is 2.92. The molecule has 0 spiro atoms. The topological polar surface area (TPSA) is 38.7 Å². The molecule has 2 aromatic heterocycles. The first-order valence-corrected chi connectivity index (χ1v) is 7.56. The van der Waals surface area contributed by atoms with E-state index in [-0.39, 0.29) is 0 Å². The van der Waals surface area contributed by atoms with Crippen molar-refractivity contribution in [1.82, 2.24) is 15.0 Å². The van der Waals surface area contributed by atoms with Gasteiger partial charge in [0.2, 0.25) is 0 Å². The molecule has 1 saturated carbocycles. The van der Waals surface area contributed by atoms with Crippen molar-refractivity contribution in [3.8, 4) is 11.5 Å². The van der Waals surface area contributed by atoms with Crippen LogP contribution in [-0.4, -0.2) is 15.0 Å². The van der Waals surface area contributed by atoms with Crippen molar-refractivity contribution < 1.29 is 0 Å². The molecule has 0 N–H and O–H groups in total. The first-order valence-electron chi connectivity index (χ1n) is 6.39. The highest BCUT2D eigenvalue weighted by Crippen LogP contribution is 2.35. The van der Waals surface area contributed by atoms with Crippen molar-refractivity contribution >= 4 is 27.5 Å². The lowest BCUT2D eigenvalue weighted by atomic mass is 10.0. The van der Waals surface area contributed by atoms with E-state index in [1.54, 1.807) is 6.20 Å². The summed E-state index contributed by atoms with van der Waals surface area (Å²) < 4.78 is 0.884. The second-order valence-corrected chi connectivity index (χ2v) is 6.00. The van der Waals surface area contributed by atoms with Crippen LogP contribution in [0.1, 0.15) is 37.3 Å². The number of aromatic nitrogens is 3. The van der Waals surface area contributed by atoms with Crippen LogP contribution in [0.2, 0.25) is 5.15 Å². The van der Waals surface area contributed by atoms with Crippen LogP contribution in [0.4, 0.5) is 0 Å². The van der Waals surface area contributed by atoms with E-state index in [4.69, 9.17) is 11.6 Å². The summed E-state index contributed by atoms with van der Waals surface area (Å²) in [5.41, 5.74) is 1.79. The highest BCUT2D eigenvalue weighted by molar-refractivity contribution is 9.10. The van der Waals surface area contributed by atoms with Gasteiger partial charge >= 0.3 is 0 Å². The van der Waals surface area contributed by atoms with Gasteiger partial charge in [-0.25, -0.2) is 9.97 Å². The molecular formula is C14H13BrClN3. The highest BCUT2D eigenvalue weighted by Gasteiger charge is 2.20. The summed E-state index contributed by atoms with van der Waals surface area (Å²) in [5.74, 6) is 1.11. The van der Waals surface area contributed by atoms with Gasteiger partial charge in [-0.2, -0.15) is 0 Å². The van der Waals surface area contributed by atoms with Crippen LogP contribution in [0.5, 0.6) is 0 Å². The minimum Gasteiger partial charge on any atom is -0.252 e. The Labute approximate surface area is 125 Å². The lowest BCUT2D eigenvalue weighted by Gasteiger charge is -2.10. The summed E-state index contributed by atoms with van der Waals surface area (Å²) >= 11 is 9.62. The minimum absolute atomic E-state index is 0.490. The summed E-state index contributed by atoms with van der Waals surface area (Å²) in [6.45, 7) is 0. The summed E-state index contributed by atoms with van der Waals surface area (Å²) in [6.07, 6.45) is 6.66. The standard InChI is InChI=1S/C14H13BrClN3/c15-10-6-3-7-17-13(10)14-18-11(8-12(16)19-14)9-4-1-2-5-9/h3,6-9H,1-2,4-5H2. The molecule has 19 heavy (non-hydrogen) atoms. The number of pyridine rings is 1. The van der Waals surface area contributed by atoms with E-state index in [1.807, 2.05) is 18.2 Å². The van der Waals surface area contributed by atoms with E-state index in [0.717, 1.165) is 15.9 Å². The van der Waals surface area contributed by atoms with Crippen molar-refractivity contribution in [2.45, 2.75) is 31.6 Å². The van der Waals surface area contributed by atoms with Gasteiger partial charge in [-0.05, 0) is 47.0 Å². The molecule has 98 valence electrons. The Hall–Kier alpha value is -1.000. The minimum atomic E-state index is 0.490. The molecule has 0 radical (unpaired) electrons. The van der Waals surface area contributed by atoms with Gasteiger partial charge in [-0.3, -0.25) is 4.98 Å². The number of hydrogen-bond donors (Lipinski definition) is 0. The fraction of sp³-hybridized carbons (Fsp3) is 0.357. The molecule has 0 saturated heterocycles. The number of halogens is 2. The van der Waals surface area contributed by atoms with Crippen molar-refractivity contribution in [2.75, 3.05) is 0 Å². The van der Waals surface area contributed by atoms with Gasteiger partial charge < -0.3 is 0 Å². The third-order valence-corrected chi connectivity index (χ3v) is 4.29. The monoisotopic (exact) mass is 337 g/mol. The second kappa shape index (κ2) is 5.55. The Morgan fingerprint density at radius 1 is 1.21 bits per heavy atom. The Bertz CT molecular complexity index is 597. The van der Waals surface area contributed by atoms with Crippen LogP contribution in [-0.2, 0) is 0 Å².